The summed E-state index contributed by atoms with van der Waals surface area (Å²) < 4.78 is 12.2. The van der Waals surface area contributed by atoms with Crippen molar-refractivity contribution in [1.29, 1.82) is 0 Å². The van der Waals surface area contributed by atoms with Crippen molar-refractivity contribution < 1.29 is 14.0 Å². The molecular formula is C19H39NO3Si. The van der Waals surface area contributed by atoms with Crippen LogP contribution in [0.25, 0.3) is 0 Å². The molecule has 0 saturated carbocycles. The molecule has 0 aliphatic carbocycles. The standard InChI is InChI=1S/C19H39NO3Si/c1-10-11-15-12-13-16(23-24(8,9)19(5,6)7)14-20(15)17(21)22-18(2,3)4/h15-16H,10-14H2,1-9H3/t15-,16-/m0/s1. The molecular weight excluding hydrogens is 318 g/mol. The molecule has 0 N–H and O–H groups in total. The smallest absolute Gasteiger partial charge is 0.410 e. The molecule has 2 atom stereocenters. The van der Waals surface area contributed by atoms with Gasteiger partial charge in [-0.05, 0) is 58.2 Å². The van der Waals surface area contributed by atoms with Crippen molar-refractivity contribution in [1.82, 2.24) is 4.90 Å². The van der Waals surface area contributed by atoms with Gasteiger partial charge in [0.05, 0.1) is 6.10 Å². The van der Waals surface area contributed by atoms with Gasteiger partial charge in [0, 0.05) is 12.6 Å². The van der Waals surface area contributed by atoms with Crippen LogP contribution < -0.4 is 0 Å². The highest BCUT2D eigenvalue weighted by atomic mass is 28.4. The molecule has 1 aliphatic rings. The van der Waals surface area contributed by atoms with E-state index in [0.717, 1.165) is 25.7 Å². The van der Waals surface area contributed by atoms with Gasteiger partial charge in [0.2, 0.25) is 0 Å². The molecule has 24 heavy (non-hydrogen) atoms. The third kappa shape index (κ3) is 6.07. The van der Waals surface area contributed by atoms with E-state index in [4.69, 9.17) is 9.16 Å². The van der Waals surface area contributed by atoms with Gasteiger partial charge in [-0.25, -0.2) is 4.79 Å². The molecule has 0 unspecified atom stereocenters. The fraction of sp³-hybridized carbons (Fsp3) is 0.947. The molecule has 5 heteroatoms. The SMILES string of the molecule is CCC[C@H]1CC[C@H](O[Si](C)(C)C(C)(C)C)CN1C(=O)OC(C)(C)C. The van der Waals surface area contributed by atoms with Crippen LogP contribution in [0.1, 0.15) is 74.1 Å². The van der Waals surface area contributed by atoms with Gasteiger partial charge in [-0.15, -0.1) is 0 Å². The second kappa shape index (κ2) is 7.77. The molecule has 0 aromatic heterocycles. The van der Waals surface area contributed by atoms with Crippen LogP contribution in [-0.2, 0) is 9.16 Å². The van der Waals surface area contributed by atoms with Crippen LogP contribution in [-0.4, -0.2) is 43.6 Å². The summed E-state index contributed by atoms with van der Waals surface area (Å²) in [7, 11) is -1.82. The first kappa shape index (κ1) is 21.5. The number of piperidine rings is 1. The Balaban J connectivity index is 2.83. The largest absolute Gasteiger partial charge is 0.444 e. The van der Waals surface area contributed by atoms with E-state index in [9.17, 15) is 4.79 Å². The fourth-order valence-corrected chi connectivity index (χ4v) is 4.24. The normalized spacial score (nSPS) is 23.3. The van der Waals surface area contributed by atoms with Crippen LogP contribution in [0.3, 0.4) is 0 Å². The number of rotatable bonds is 4. The summed E-state index contributed by atoms with van der Waals surface area (Å²) in [5.41, 5.74) is -0.457. The lowest BCUT2D eigenvalue weighted by Gasteiger charge is -2.45. The number of hydrogen-bond acceptors (Lipinski definition) is 3. The molecule has 1 rings (SSSR count). The van der Waals surface area contributed by atoms with Gasteiger partial charge in [-0.1, -0.05) is 34.1 Å². The molecule has 0 aromatic carbocycles. The lowest BCUT2D eigenvalue weighted by atomic mass is 9.97. The first-order valence-electron chi connectivity index (χ1n) is 9.44. The van der Waals surface area contributed by atoms with Gasteiger partial charge in [0.15, 0.2) is 8.32 Å². The second-order valence-electron chi connectivity index (χ2n) is 9.65. The molecule has 0 aromatic rings. The van der Waals surface area contributed by atoms with Crippen LogP contribution in [0.15, 0.2) is 0 Å². The van der Waals surface area contributed by atoms with E-state index in [0.29, 0.717) is 6.54 Å². The van der Waals surface area contributed by atoms with Gasteiger partial charge in [0.25, 0.3) is 0 Å². The molecule has 1 heterocycles. The molecule has 0 bridgehead atoms. The lowest BCUT2D eigenvalue weighted by Crippen LogP contribution is -2.54. The van der Waals surface area contributed by atoms with Crippen molar-refractivity contribution in [2.24, 2.45) is 0 Å². The predicted octanol–water partition coefficient (Wildman–Crippen LogP) is 5.58. The van der Waals surface area contributed by atoms with Gasteiger partial charge in [0.1, 0.15) is 5.60 Å². The molecule has 142 valence electrons. The number of amides is 1. The third-order valence-electron chi connectivity index (χ3n) is 5.18. The highest BCUT2D eigenvalue weighted by molar-refractivity contribution is 6.74. The molecule has 4 nitrogen and oxygen atoms in total. The zero-order chi connectivity index (χ0) is 18.8. The Morgan fingerprint density at radius 1 is 1.12 bits per heavy atom. The van der Waals surface area contributed by atoms with Crippen molar-refractivity contribution in [3.8, 4) is 0 Å². The van der Waals surface area contributed by atoms with Crippen molar-refractivity contribution >= 4 is 14.4 Å². The van der Waals surface area contributed by atoms with Crippen LogP contribution in [0, 0.1) is 0 Å². The zero-order valence-electron chi connectivity index (χ0n) is 17.4. The van der Waals surface area contributed by atoms with Crippen LogP contribution in [0.4, 0.5) is 4.79 Å². The molecule has 0 radical (unpaired) electrons. The minimum Gasteiger partial charge on any atom is -0.444 e. The number of nitrogens with zero attached hydrogens (tertiary/aromatic N) is 1. The Morgan fingerprint density at radius 3 is 2.17 bits per heavy atom. The van der Waals surface area contributed by atoms with E-state index >= 15 is 0 Å². The van der Waals surface area contributed by atoms with Gasteiger partial charge < -0.3 is 14.1 Å². The number of carbonyl (C=O) groups excluding carboxylic acids is 1. The van der Waals surface area contributed by atoms with Crippen LogP contribution >= 0.6 is 0 Å². The zero-order valence-corrected chi connectivity index (χ0v) is 18.4. The van der Waals surface area contributed by atoms with E-state index in [1.54, 1.807) is 0 Å². The quantitative estimate of drug-likeness (QED) is 0.617. The molecule has 1 amide bonds. The van der Waals surface area contributed by atoms with Crippen molar-refractivity contribution in [2.75, 3.05) is 6.54 Å². The number of hydrogen-bond donors (Lipinski definition) is 0. The second-order valence-corrected chi connectivity index (χ2v) is 14.4. The van der Waals surface area contributed by atoms with Gasteiger partial charge >= 0.3 is 6.09 Å². The van der Waals surface area contributed by atoms with Gasteiger partial charge in [-0.3, -0.25) is 0 Å². The van der Waals surface area contributed by atoms with Crippen molar-refractivity contribution in [2.45, 2.75) is 110 Å². The Kier molecular flexibility index (Phi) is 6.96. The van der Waals surface area contributed by atoms with Crippen LogP contribution in [0.5, 0.6) is 0 Å². The third-order valence-corrected chi connectivity index (χ3v) is 9.72. The summed E-state index contributed by atoms with van der Waals surface area (Å²) in [4.78, 5) is 14.6. The molecule has 1 fully saturated rings. The maximum absolute atomic E-state index is 12.7. The Labute approximate surface area is 150 Å². The first-order valence-corrected chi connectivity index (χ1v) is 12.3. The summed E-state index contributed by atoms with van der Waals surface area (Å²) in [6, 6.07) is 0.282. The van der Waals surface area contributed by atoms with Gasteiger partial charge in [-0.2, -0.15) is 0 Å². The first-order chi connectivity index (χ1) is 10.8. The fourth-order valence-electron chi connectivity index (χ4n) is 2.86. The van der Waals surface area contributed by atoms with E-state index in [1.807, 2.05) is 25.7 Å². The van der Waals surface area contributed by atoms with E-state index in [1.165, 1.54) is 0 Å². The van der Waals surface area contributed by atoms with E-state index in [-0.39, 0.29) is 23.3 Å². The maximum Gasteiger partial charge on any atom is 0.410 e. The lowest BCUT2D eigenvalue weighted by molar-refractivity contribution is -0.0117. The highest BCUT2D eigenvalue weighted by Crippen LogP contribution is 2.38. The minimum absolute atomic E-state index is 0.131. The topological polar surface area (TPSA) is 38.8 Å². The Hall–Kier alpha value is -0.553. The monoisotopic (exact) mass is 357 g/mol. The Morgan fingerprint density at radius 2 is 1.71 bits per heavy atom. The summed E-state index contributed by atoms with van der Waals surface area (Å²) >= 11 is 0. The molecule has 1 saturated heterocycles. The summed E-state index contributed by atoms with van der Waals surface area (Å²) in [5.74, 6) is 0. The number of carbonyl (C=O) groups is 1. The number of likely N-dealkylation sites (tertiary alicyclic amines) is 1. The average Bonchev–Trinajstić information content (AvgIpc) is 2.37. The minimum atomic E-state index is -1.82. The molecule has 1 aliphatic heterocycles. The maximum atomic E-state index is 12.7. The number of ether oxygens (including phenoxy) is 1. The summed E-state index contributed by atoms with van der Waals surface area (Å²) in [6.45, 7) is 19.9. The van der Waals surface area contributed by atoms with E-state index < -0.39 is 13.9 Å². The predicted molar refractivity (Wildman–Crippen MR) is 103 cm³/mol. The van der Waals surface area contributed by atoms with Crippen molar-refractivity contribution in [3.05, 3.63) is 0 Å². The summed E-state index contributed by atoms with van der Waals surface area (Å²) in [5, 5.41) is 0.185. The Bertz CT molecular complexity index is 423. The van der Waals surface area contributed by atoms with Crippen molar-refractivity contribution in [3.63, 3.8) is 0 Å². The van der Waals surface area contributed by atoms with Crippen LogP contribution in [0.2, 0.25) is 18.1 Å². The average molecular weight is 358 g/mol. The molecule has 0 spiro atoms. The van der Waals surface area contributed by atoms with E-state index in [2.05, 4.69) is 40.8 Å². The summed E-state index contributed by atoms with van der Waals surface area (Å²) in [6.07, 6.45) is 4.10. The highest BCUT2D eigenvalue weighted by Gasteiger charge is 2.42.